The third-order valence-corrected chi connectivity index (χ3v) is 3.77. The summed E-state index contributed by atoms with van der Waals surface area (Å²) in [4.78, 5) is 12.0. The van der Waals surface area contributed by atoms with E-state index in [-0.39, 0.29) is 11.2 Å². The van der Waals surface area contributed by atoms with Crippen LogP contribution in [0.5, 0.6) is 5.75 Å². The number of benzene rings is 1. The number of methoxy groups -OCH3 is 1. The van der Waals surface area contributed by atoms with Gasteiger partial charge in [-0.15, -0.1) is 0 Å². The van der Waals surface area contributed by atoms with Crippen molar-refractivity contribution in [1.82, 2.24) is 5.32 Å². The number of Topliss-reactive ketones (excluding diaryl/α,β-unsaturated/α-hetero) is 1. The van der Waals surface area contributed by atoms with E-state index in [0.717, 1.165) is 37.2 Å². The van der Waals surface area contributed by atoms with Gasteiger partial charge in [-0.1, -0.05) is 12.1 Å². The van der Waals surface area contributed by atoms with Crippen molar-refractivity contribution in [3.8, 4) is 5.75 Å². The summed E-state index contributed by atoms with van der Waals surface area (Å²) >= 11 is 0. The fourth-order valence-corrected chi connectivity index (χ4v) is 2.61. The van der Waals surface area contributed by atoms with Gasteiger partial charge in [0.05, 0.1) is 12.5 Å². The predicted octanol–water partition coefficient (Wildman–Crippen LogP) is 1.91. The molecule has 0 amide bonds. The Morgan fingerprint density at radius 3 is 2.29 bits per heavy atom. The second kappa shape index (κ2) is 4.88. The van der Waals surface area contributed by atoms with Crippen molar-refractivity contribution in [2.75, 3.05) is 20.2 Å². The Balaban J connectivity index is 2.34. The second-order valence-corrected chi connectivity index (χ2v) is 4.62. The molecule has 92 valence electrons. The Labute approximate surface area is 102 Å². The largest absolute Gasteiger partial charge is 0.497 e. The van der Waals surface area contributed by atoms with E-state index in [1.807, 2.05) is 24.3 Å². The van der Waals surface area contributed by atoms with Crippen LogP contribution in [-0.4, -0.2) is 26.0 Å². The van der Waals surface area contributed by atoms with Crippen LogP contribution in [0.3, 0.4) is 0 Å². The van der Waals surface area contributed by atoms with Crippen LogP contribution in [0.2, 0.25) is 0 Å². The highest BCUT2D eigenvalue weighted by atomic mass is 16.5. The lowest BCUT2D eigenvalue weighted by Crippen LogP contribution is -2.44. The van der Waals surface area contributed by atoms with E-state index < -0.39 is 0 Å². The highest BCUT2D eigenvalue weighted by Gasteiger charge is 2.38. The summed E-state index contributed by atoms with van der Waals surface area (Å²) in [6.07, 6.45) is 1.77. The summed E-state index contributed by atoms with van der Waals surface area (Å²) in [7, 11) is 1.65. The van der Waals surface area contributed by atoms with Crippen molar-refractivity contribution in [2.24, 2.45) is 0 Å². The van der Waals surface area contributed by atoms with Gasteiger partial charge < -0.3 is 10.1 Å². The molecule has 0 spiro atoms. The van der Waals surface area contributed by atoms with Gasteiger partial charge in [-0.3, -0.25) is 4.79 Å². The Kier molecular flexibility index (Phi) is 3.48. The zero-order valence-electron chi connectivity index (χ0n) is 10.5. The van der Waals surface area contributed by atoms with Gasteiger partial charge in [0.2, 0.25) is 0 Å². The highest BCUT2D eigenvalue weighted by molar-refractivity contribution is 5.88. The summed E-state index contributed by atoms with van der Waals surface area (Å²) in [6, 6.07) is 7.90. The molecule has 1 fully saturated rings. The Morgan fingerprint density at radius 1 is 1.24 bits per heavy atom. The van der Waals surface area contributed by atoms with Crippen molar-refractivity contribution in [1.29, 1.82) is 0 Å². The number of carbonyl (C=O) groups is 1. The summed E-state index contributed by atoms with van der Waals surface area (Å²) in [5.41, 5.74) is 0.824. The normalized spacial score (nSPS) is 18.7. The van der Waals surface area contributed by atoms with Gasteiger partial charge in [0.25, 0.3) is 0 Å². The van der Waals surface area contributed by atoms with E-state index >= 15 is 0 Å². The van der Waals surface area contributed by atoms with Crippen LogP contribution in [0.4, 0.5) is 0 Å². The number of nitrogens with one attached hydrogen (secondary N) is 1. The van der Waals surface area contributed by atoms with Gasteiger partial charge in [0.15, 0.2) is 0 Å². The molecule has 0 saturated carbocycles. The number of ketones is 1. The molecule has 1 aromatic carbocycles. The number of hydrogen-bond donors (Lipinski definition) is 1. The molecule has 0 unspecified atom stereocenters. The van der Waals surface area contributed by atoms with Crippen LogP contribution in [0.25, 0.3) is 0 Å². The average Bonchev–Trinajstić information content (AvgIpc) is 2.39. The molecule has 0 radical (unpaired) electrons. The minimum absolute atomic E-state index is 0.268. The van der Waals surface area contributed by atoms with Crippen molar-refractivity contribution in [3.63, 3.8) is 0 Å². The van der Waals surface area contributed by atoms with Crippen LogP contribution in [0, 0.1) is 0 Å². The van der Waals surface area contributed by atoms with Gasteiger partial charge in [-0.25, -0.2) is 0 Å². The maximum Gasteiger partial charge on any atom is 0.140 e. The standard InChI is InChI=1S/C14H19NO2/c1-11(16)14(7-9-15-10-8-14)12-3-5-13(17-2)6-4-12/h3-6,15H,7-10H2,1-2H3. The molecule has 0 aliphatic carbocycles. The summed E-state index contributed by atoms with van der Waals surface area (Å²) < 4.78 is 5.15. The van der Waals surface area contributed by atoms with E-state index in [1.54, 1.807) is 14.0 Å². The lowest BCUT2D eigenvalue weighted by Gasteiger charge is -2.36. The van der Waals surface area contributed by atoms with E-state index in [1.165, 1.54) is 0 Å². The average molecular weight is 233 g/mol. The number of ether oxygens (including phenoxy) is 1. The molecule has 3 nitrogen and oxygen atoms in total. The molecule has 1 aliphatic heterocycles. The Hall–Kier alpha value is -1.35. The maximum absolute atomic E-state index is 12.0. The Morgan fingerprint density at radius 2 is 1.82 bits per heavy atom. The molecular weight excluding hydrogens is 214 g/mol. The smallest absolute Gasteiger partial charge is 0.140 e. The van der Waals surface area contributed by atoms with Crippen LogP contribution in [-0.2, 0) is 10.2 Å². The van der Waals surface area contributed by atoms with E-state index in [0.29, 0.717) is 0 Å². The first-order chi connectivity index (χ1) is 8.19. The third kappa shape index (κ3) is 2.20. The lowest BCUT2D eigenvalue weighted by atomic mass is 9.70. The highest BCUT2D eigenvalue weighted by Crippen LogP contribution is 2.35. The van der Waals surface area contributed by atoms with Gasteiger partial charge in [0, 0.05) is 0 Å². The number of rotatable bonds is 3. The summed E-state index contributed by atoms with van der Waals surface area (Å²) in [5, 5.41) is 3.31. The first-order valence-electron chi connectivity index (χ1n) is 6.05. The van der Waals surface area contributed by atoms with Crippen molar-refractivity contribution >= 4 is 5.78 Å². The molecule has 0 atom stereocenters. The lowest BCUT2D eigenvalue weighted by molar-refractivity contribution is -0.123. The number of hydrogen-bond acceptors (Lipinski definition) is 3. The minimum Gasteiger partial charge on any atom is -0.497 e. The van der Waals surface area contributed by atoms with Gasteiger partial charge in [-0.05, 0) is 50.6 Å². The summed E-state index contributed by atoms with van der Waals surface area (Å²) in [6.45, 7) is 3.52. The number of carbonyl (C=O) groups excluding carboxylic acids is 1. The molecule has 17 heavy (non-hydrogen) atoms. The molecule has 1 aromatic rings. The van der Waals surface area contributed by atoms with E-state index in [9.17, 15) is 4.79 Å². The first-order valence-corrected chi connectivity index (χ1v) is 6.05. The van der Waals surface area contributed by atoms with Crippen LogP contribution < -0.4 is 10.1 Å². The van der Waals surface area contributed by atoms with Gasteiger partial charge in [-0.2, -0.15) is 0 Å². The topological polar surface area (TPSA) is 38.3 Å². The van der Waals surface area contributed by atoms with Gasteiger partial charge in [0.1, 0.15) is 11.5 Å². The molecule has 0 aromatic heterocycles. The SMILES string of the molecule is COc1ccc(C2(C(C)=O)CCNCC2)cc1. The first kappa shape index (κ1) is 12.1. The molecule has 1 saturated heterocycles. The third-order valence-electron chi connectivity index (χ3n) is 3.77. The second-order valence-electron chi connectivity index (χ2n) is 4.62. The van der Waals surface area contributed by atoms with Gasteiger partial charge >= 0.3 is 0 Å². The van der Waals surface area contributed by atoms with E-state index in [4.69, 9.17) is 4.74 Å². The van der Waals surface area contributed by atoms with Crippen molar-refractivity contribution in [2.45, 2.75) is 25.2 Å². The van der Waals surface area contributed by atoms with Crippen LogP contribution in [0.15, 0.2) is 24.3 Å². The molecule has 1 aliphatic rings. The van der Waals surface area contributed by atoms with E-state index in [2.05, 4.69) is 5.32 Å². The fraction of sp³-hybridized carbons (Fsp3) is 0.500. The zero-order chi connectivity index (χ0) is 12.3. The maximum atomic E-state index is 12.0. The number of piperidine rings is 1. The fourth-order valence-electron chi connectivity index (χ4n) is 2.61. The monoisotopic (exact) mass is 233 g/mol. The molecule has 3 heteroatoms. The molecule has 1 heterocycles. The predicted molar refractivity (Wildman–Crippen MR) is 67.5 cm³/mol. The Bertz CT molecular complexity index is 391. The van der Waals surface area contributed by atoms with Crippen molar-refractivity contribution < 1.29 is 9.53 Å². The molecule has 2 rings (SSSR count). The van der Waals surface area contributed by atoms with Crippen molar-refractivity contribution in [3.05, 3.63) is 29.8 Å². The van der Waals surface area contributed by atoms with Crippen LogP contribution >= 0.6 is 0 Å². The molecular formula is C14H19NO2. The molecule has 0 bridgehead atoms. The van der Waals surface area contributed by atoms with Crippen LogP contribution in [0.1, 0.15) is 25.3 Å². The zero-order valence-corrected chi connectivity index (χ0v) is 10.5. The summed E-state index contributed by atoms with van der Waals surface area (Å²) in [5.74, 6) is 1.10. The quantitative estimate of drug-likeness (QED) is 0.866. The minimum atomic E-state index is -0.294. The molecule has 1 N–H and O–H groups in total.